The molecule has 27 heavy (non-hydrogen) atoms. The molecular formula is C19H17ClN2O3S2. The molecule has 0 aromatic heterocycles. The Bertz CT molecular complexity index is 859. The second-order valence-corrected chi connectivity index (χ2v) is 7.56. The molecule has 1 aliphatic rings. The Labute approximate surface area is 172 Å². The van der Waals surface area contributed by atoms with Crippen molar-refractivity contribution in [2.75, 3.05) is 12.4 Å². The van der Waals surface area contributed by atoms with E-state index in [1.807, 2.05) is 37.3 Å². The Morgan fingerprint density at radius 3 is 2.74 bits per heavy atom. The van der Waals surface area contributed by atoms with Crippen LogP contribution in [0.3, 0.4) is 0 Å². The van der Waals surface area contributed by atoms with Crippen LogP contribution in [0.4, 0.5) is 0 Å². The van der Waals surface area contributed by atoms with Crippen LogP contribution in [0.1, 0.15) is 18.1 Å². The first-order valence-corrected chi connectivity index (χ1v) is 10.0. The van der Waals surface area contributed by atoms with Crippen LogP contribution in [0, 0.1) is 0 Å². The average Bonchev–Trinajstić information content (AvgIpc) is 2.98. The lowest BCUT2D eigenvalue weighted by molar-refractivity contribution is -0.123. The highest BCUT2D eigenvalue weighted by molar-refractivity contribution is 8.23. The summed E-state index contributed by atoms with van der Waals surface area (Å²) in [7, 11) is 0. The molecule has 1 heterocycles. The van der Waals surface area contributed by atoms with E-state index in [9.17, 15) is 4.79 Å². The lowest BCUT2D eigenvalue weighted by Crippen LogP contribution is -2.22. The van der Waals surface area contributed by atoms with Gasteiger partial charge in [0.2, 0.25) is 0 Å². The van der Waals surface area contributed by atoms with Gasteiger partial charge in [0.25, 0.3) is 5.91 Å². The monoisotopic (exact) mass is 420 g/mol. The van der Waals surface area contributed by atoms with Gasteiger partial charge in [-0.25, -0.2) is 0 Å². The highest BCUT2D eigenvalue weighted by atomic mass is 35.5. The predicted molar refractivity (Wildman–Crippen MR) is 113 cm³/mol. The maximum Gasteiger partial charge on any atom is 0.259 e. The molecule has 1 fully saturated rings. The molecule has 5 nitrogen and oxygen atoms in total. The standard InChI is InChI=1S/C19H17ClN2O3S2/c1-2-24-16-9-14(10-21-22-17(23)12-27-19(22)26)8-15(20)18(16)25-11-13-6-4-3-5-7-13/h3-10H,2,11-12H2,1H3/b21-10-. The maximum atomic E-state index is 11.7. The minimum atomic E-state index is -0.139. The van der Waals surface area contributed by atoms with Crippen LogP contribution >= 0.6 is 35.6 Å². The van der Waals surface area contributed by atoms with Gasteiger partial charge in [-0.1, -0.05) is 65.9 Å². The molecule has 0 N–H and O–H groups in total. The van der Waals surface area contributed by atoms with Crippen LogP contribution in [-0.2, 0) is 11.4 Å². The number of benzene rings is 2. The second-order valence-electron chi connectivity index (χ2n) is 5.54. The fourth-order valence-electron chi connectivity index (χ4n) is 2.38. The average molecular weight is 421 g/mol. The Morgan fingerprint density at radius 2 is 2.07 bits per heavy atom. The molecule has 1 aliphatic heterocycles. The summed E-state index contributed by atoms with van der Waals surface area (Å²) < 4.78 is 12.0. The van der Waals surface area contributed by atoms with Crippen LogP contribution in [-0.4, -0.2) is 33.8 Å². The lowest BCUT2D eigenvalue weighted by Gasteiger charge is -2.14. The molecule has 3 rings (SSSR count). The molecule has 1 saturated heterocycles. The smallest absolute Gasteiger partial charge is 0.259 e. The summed E-state index contributed by atoms with van der Waals surface area (Å²) in [4.78, 5) is 11.7. The number of halogens is 1. The van der Waals surface area contributed by atoms with Crippen molar-refractivity contribution in [3.8, 4) is 11.5 Å². The van der Waals surface area contributed by atoms with E-state index in [0.717, 1.165) is 5.56 Å². The third kappa shape index (κ3) is 5.00. The number of thiocarbonyl (C=S) groups is 1. The first kappa shape index (κ1) is 19.7. The second kappa shape index (κ2) is 9.21. The first-order valence-electron chi connectivity index (χ1n) is 8.25. The molecule has 0 unspecified atom stereocenters. The summed E-state index contributed by atoms with van der Waals surface area (Å²) in [5.41, 5.74) is 1.71. The summed E-state index contributed by atoms with van der Waals surface area (Å²) in [6, 6.07) is 13.3. The van der Waals surface area contributed by atoms with Gasteiger partial charge in [0.15, 0.2) is 15.8 Å². The Morgan fingerprint density at radius 1 is 1.30 bits per heavy atom. The fourth-order valence-corrected chi connectivity index (χ4v) is 3.62. The van der Waals surface area contributed by atoms with Gasteiger partial charge >= 0.3 is 0 Å². The van der Waals surface area contributed by atoms with Gasteiger partial charge in [-0.15, -0.1) is 0 Å². The number of nitrogens with zero attached hydrogens (tertiary/aromatic N) is 2. The topological polar surface area (TPSA) is 51.1 Å². The SMILES string of the molecule is CCOc1cc(/C=N\N2C(=O)CSC2=S)cc(Cl)c1OCc1ccccc1. The van der Waals surface area contributed by atoms with Crippen molar-refractivity contribution in [3.05, 3.63) is 58.6 Å². The van der Waals surface area contributed by atoms with E-state index in [4.69, 9.17) is 33.3 Å². The van der Waals surface area contributed by atoms with Crippen molar-refractivity contribution >= 4 is 52.0 Å². The third-order valence-electron chi connectivity index (χ3n) is 3.61. The van der Waals surface area contributed by atoms with Gasteiger partial charge < -0.3 is 9.47 Å². The number of thioether (sulfide) groups is 1. The highest BCUT2D eigenvalue weighted by Crippen LogP contribution is 2.37. The molecule has 2 aromatic carbocycles. The molecule has 0 atom stereocenters. The van der Waals surface area contributed by atoms with Crippen molar-refractivity contribution in [1.82, 2.24) is 5.01 Å². The Hall–Kier alpha value is -2.09. The zero-order valence-corrected chi connectivity index (χ0v) is 16.9. The molecule has 0 saturated carbocycles. The van der Waals surface area contributed by atoms with E-state index < -0.39 is 0 Å². The minimum absolute atomic E-state index is 0.139. The molecule has 140 valence electrons. The van der Waals surface area contributed by atoms with E-state index in [-0.39, 0.29) is 5.91 Å². The van der Waals surface area contributed by atoms with Gasteiger partial charge in [-0.2, -0.15) is 10.1 Å². The van der Waals surface area contributed by atoms with Crippen molar-refractivity contribution in [3.63, 3.8) is 0 Å². The quantitative estimate of drug-likeness (QED) is 0.487. The summed E-state index contributed by atoms with van der Waals surface area (Å²) >= 11 is 12.8. The summed E-state index contributed by atoms with van der Waals surface area (Å²) in [5.74, 6) is 1.17. The number of carbonyl (C=O) groups is 1. The van der Waals surface area contributed by atoms with E-state index in [2.05, 4.69) is 5.10 Å². The minimum Gasteiger partial charge on any atom is -0.490 e. The Kier molecular flexibility index (Phi) is 6.71. The molecule has 0 spiro atoms. The summed E-state index contributed by atoms with van der Waals surface area (Å²) in [6.07, 6.45) is 1.53. The molecule has 8 heteroatoms. The number of ether oxygens (including phenoxy) is 2. The number of amides is 1. The zero-order valence-electron chi connectivity index (χ0n) is 14.6. The van der Waals surface area contributed by atoms with Crippen LogP contribution in [0.5, 0.6) is 11.5 Å². The van der Waals surface area contributed by atoms with Crippen molar-refractivity contribution < 1.29 is 14.3 Å². The first-order chi connectivity index (χ1) is 13.1. The molecule has 2 aromatic rings. The van der Waals surface area contributed by atoms with Crippen molar-refractivity contribution in [2.45, 2.75) is 13.5 Å². The summed E-state index contributed by atoms with van der Waals surface area (Å²) in [6.45, 7) is 2.72. The molecule has 0 radical (unpaired) electrons. The highest BCUT2D eigenvalue weighted by Gasteiger charge is 2.26. The van der Waals surface area contributed by atoms with E-state index in [1.165, 1.54) is 23.0 Å². The van der Waals surface area contributed by atoms with E-state index in [1.54, 1.807) is 12.1 Å². The van der Waals surface area contributed by atoms with Crippen LogP contribution in [0.2, 0.25) is 5.02 Å². The van der Waals surface area contributed by atoms with E-state index >= 15 is 0 Å². The van der Waals surface area contributed by atoms with Gasteiger partial charge in [0, 0.05) is 0 Å². The van der Waals surface area contributed by atoms with Crippen molar-refractivity contribution in [1.29, 1.82) is 0 Å². The number of hydrazone groups is 1. The summed E-state index contributed by atoms with van der Waals surface area (Å²) in [5, 5.41) is 5.78. The molecular weight excluding hydrogens is 404 g/mol. The van der Waals surface area contributed by atoms with Crippen LogP contribution in [0.15, 0.2) is 47.6 Å². The number of rotatable bonds is 7. The lowest BCUT2D eigenvalue weighted by atomic mass is 10.2. The van der Waals surface area contributed by atoms with Crippen LogP contribution in [0.25, 0.3) is 0 Å². The Balaban J connectivity index is 1.81. The zero-order chi connectivity index (χ0) is 19.2. The third-order valence-corrected chi connectivity index (χ3v) is 5.23. The van der Waals surface area contributed by atoms with Gasteiger partial charge in [0.1, 0.15) is 6.61 Å². The fraction of sp³-hybridized carbons (Fsp3) is 0.211. The molecule has 1 amide bonds. The maximum absolute atomic E-state index is 11.7. The van der Waals surface area contributed by atoms with Crippen molar-refractivity contribution in [2.24, 2.45) is 5.10 Å². The normalized spacial score (nSPS) is 14.2. The van der Waals surface area contributed by atoms with E-state index in [0.29, 0.717) is 45.4 Å². The van der Waals surface area contributed by atoms with Gasteiger partial charge in [-0.3, -0.25) is 4.79 Å². The van der Waals surface area contributed by atoms with Gasteiger partial charge in [0.05, 0.1) is 23.6 Å². The predicted octanol–water partition coefficient (Wildman–Crippen LogP) is 4.51. The molecule has 0 aliphatic carbocycles. The molecule has 0 bridgehead atoms. The largest absolute Gasteiger partial charge is 0.490 e. The van der Waals surface area contributed by atoms with Gasteiger partial charge in [-0.05, 0) is 30.2 Å². The van der Waals surface area contributed by atoms with Crippen LogP contribution < -0.4 is 9.47 Å². The number of carbonyl (C=O) groups excluding carboxylic acids is 1. The number of hydrogen-bond acceptors (Lipinski definition) is 6. The number of hydrogen-bond donors (Lipinski definition) is 0.